The maximum Gasteiger partial charge on any atom is 0.269 e. The molecule has 2 fully saturated rings. The van der Waals surface area contributed by atoms with E-state index in [9.17, 15) is 24.1 Å². The lowest BCUT2D eigenvalue weighted by atomic mass is 10.1. The van der Waals surface area contributed by atoms with Gasteiger partial charge in [-0.3, -0.25) is 19.7 Å². The highest BCUT2D eigenvalue weighted by molar-refractivity contribution is 6.00. The molecule has 0 bridgehead atoms. The molecule has 2 aliphatic heterocycles. The summed E-state index contributed by atoms with van der Waals surface area (Å²) in [5.41, 5.74) is 1.91. The number of nitro groups is 1. The summed E-state index contributed by atoms with van der Waals surface area (Å²) in [4.78, 5) is 41.1. The van der Waals surface area contributed by atoms with Crippen LogP contribution in [0.1, 0.15) is 12.0 Å². The van der Waals surface area contributed by atoms with Gasteiger partial charge in [-0.15, -0.1) is 0 Å². The molecule has 9 heteroatoms. The molecule has 1 unspecified atom stereocenters. The van der Waals surface area contributed by atoms with Gasteiger partial charge in [-0.2, -0.15) is 0 Å². The number of halogens is 1. The molecule has 2 heterocycles. The normalized spacial score (nSPS) is 19.1. The van der Waals surface area contributed by atoms with E-state index < -0.39 is 10.8 Å². The van der Waals surface area contributed by atoms with Crippen molar-refractivity contribution in [3.63, 3.8) is 0 Å². The molecular weight excluding hydrogens is 403 g/mol. The highest BCUT2D eigenvalue weighted by atomic mass is 19.1. The number of nitrogens with zero attached hydrogens (tertiary/aromatic N) is 4. The summed E-state index contributed by atoms with van der Waals surface area (Å²) in [7, 11) is 0. The molecular formula is C22H23FN4O4. The quantitative estimate of drug-likeness (QED) is 0.554. The van der Waals surface area contributed by atoms with Crippen molar-refractivity contribution in [3.05, 3.63) is 64.0 Å². The number of carbonyl (C=O) groups excluding carboxylic acids is 2. The molecule has 1 atom stereocenters. The van der Waals surface area contributed by atoms with Gasteiger partial charge in [-0.1, -0.05) is 6.07 Å². The number of amides is 2. The minimum atomic E-state index is -0.442. The molecule has 2 aliphatic rings. The average molecular weight is 426 g/mol. The topological polar surface area (TPSA) is 87.0 Å². The van der Waals surface area contributed by atoms with Gasteiger partial charge in [0.2, 0.25) is 11.8 Å². The van der Waals surface area contributed by atoms with Crippen LogP contribution in [0, 0.1) is 28.8 Å². The van der Waals surface area contributed by atoms with Crippen LogP contribution in [0.3, 0.4) is 0 Å². The second-order valence-corrected chi connectivity index (χ2v) is 7.92. The summed E-state index contributed by atoms with van der Waals surface area (Å²) in [5, 5.41) is 10.8. The lowest BCUT2D eigenvalue weighted by molar-refractivity contribution is -0.384. The molecule has 0 aliphatic carbocycles. The second kappa shape index (κ2) is 8.33. The first-order valence-electron chi connectivity index (χ1n) is 10.2. The van der Waals surface area contributed by atoms with Crippen LogP contribution in [-0.2, 0) is 9.59 Å². The number of hydrogen-bond acceptors (Lipinski definition) is 5. The number of hydrogen-bond donors (Lipinski definition) is 0. The van der Waals surface area contributed by atoms with Crippen molar-refractivity contribution in [1.29, 1.82) is 0 Å². The van der Waals surface area contributed by atoms with Gasteiger partial charge in [-0.05, 0) is 36.8 Å². The Hall–Kier alpha value is -3.49. The molecule has 2 saturated heterocycles. The molecule has 2 amide bonds. The number of carbonyl (C=O) groups is 2. The lowest BCUT2D eigenvalue weighted by Gasteiger charge is -2.37. The van der Waals surface area contributed by atoms with Crippen LogP contribution in [0.25, 0.3) is 0 Å². The molecule has 0 spiro atoms. The fraction of sp³-hybridized carbons (Fsp3) is 0.364. The van der Waals surface area contributed by atoms with Crippen molar-refractivity contribution in [2.45, 2.75) is 13.3 Å². The lowest BCUT2D eigenvalue weighted by Crippen LogP contribution is -2.50. The Balaban J connectivity index is 1.36. The maximum atomic E-state index is 13.9. The minimum Gasteiger partial charge on any atom is -0.368 e. The maximum absolute atomic E-state index is 13.9. The van der Waals surface area contributed by atoms with Crippen molar-refractivity contribution in [1.82, 2.24) is 4.90 Å². The van der Waals surface area contributed by atoms with Crippen LogP contribution in [0.15, 0.2) is 42.5 Å². The van der Waals surface area contributed by atoms with E-state index in [1.165, 1.54) is 23.1 Å². The first-order valence-corrected chi connectivity index (χ1v) is 10.2. The predicted molar refractivity (Wildman–Crippen MR) is 113 cm³/mol. The van der Waals surface area contributed by atoms with Gasteiger partial charge in [0.05, 0.1) is 10.8 Å². The predicted octanol–water partition coefficient (Wildman–Crippen LogP) is 2.74. The van der Waals surface area contributed by atoms with Crippen molar-refractivity contribution >= 4 is 28.9 Å². The van der Waals surface area contributed by atoms with Crippen LogP contribution < -0.4 is 9.80 Å². The summed E-state index contributed by atoms with van der Waals surface area (Å²) >= 11 is 0. The standard InChI is InChI=1S/C22H23FN4O4/c1-15-2-3-19(13-20(15)23)26-14-16(12-21(26)28)22(29)25-10-8-24(9-11-25)17-4-6-18(7-5-17)27(30)31/h2-7,13,16H,8-12,14H2,1H3. The Morgan fingerprint density at radius 2 is 1.71 bits per heavy atom. The smallest absolute Gasteiger partial charge is 0.269 e. The fourth-order valence-corrected chi connectivity index (χ4v) is 4.10. The van der Waals surface area contributed by atoms with Gasteiger partial charge < -0.3 is 14.7 Å². The highest BCUT2D eigenvalue weighted by Crippen LogP contribution is 2.28. The van der Waals surface area contributed by atoms with E-state index in [2.05, 4.69) is 4.90 Å². The average Bonchev–Trinajstić information content (AvgIpc) is 3.17. The number of benzene rings is 2. The Morgan fingerprint density at radius 3 is 2.32 bits per heavy atom. The van der Waals surface area contributed by atoms with E-state index in [0.717, 1.165) is 5.69 Å². The SMILES string of the molecule is Cc1ccc(N2CC(C(=O)N3CCN(c4ccc([N+](=O)[O-])cc4)CC3)CC2=O)cc1F. The summed E-state index contributed by atoms with van der Waals surface area (Å²) in [6, 6.07) is 11.0. The van der Waals surface area contributed by atoms with Gasteiger partial charge in [-0.25, -0.2) is 4.39 Å². The van der Waals surface area contributed by atoms with Crippen LogP contribution in [0.2, 0.25) is 0 Å². The zero-order valence-corrected chi connectivity index (χ0v) is 17.2. The molecule has 0 radical (unpaired) electrons. The Labute approximate surface area is 179 Å². The zero-order valence-electron chi connectivity index (χ0n) is 17.2. The first kappa shape index (κ1) is 20.8. The van der Waals surface area contributed by atoms with E-state index in [-0.39, 0.29) is 36.3 Å². The molecule has 162 valence electrons. The third kappa shape index (κ3) is 4.21. The minimum absolute atomic E-state index is 0.0430. The monoisotopic (exact) mass is 426 g/mol. The molecule has 2 aromatic rings. The molecule has 8 nitrogen and oxygen atoms in total. The number of non-ortho nitro benzene ring substituents is 1. The Bertz CT molecular complexity index is 1020. The summed E-state index contributed by atoms with van der Waals surface area (Å²) in [6.45, 7) is 4.16. The van der Waals surface area contributed by atoms with E-state index in [1.807, 2.05) is 0 Å². The van der Waals surface area contributed by atoms with Gasteiger partial charge in [0.15, 0.2) is 0 Å². The molecule has 0 saturated carbocycles. The van der Waals surface area contributed by atoms with E-state index in [1.54, 1.807) is 36.1 Å². The van der Waals surface area contributed by atoms with E-state index in [0.29, 0.717) is 37.4 Å². The third-order valence-corrected chi connectivity index (χ3v) is 5.96. The van der Waals surface area contributed by atoms with Crippen molar-refractivity contribution in [2.75, 3.05) is 42.5 Å². The molecule has 0 N–H and O–H groups in total. The summed E-state index contributed by atoms with van der Waals surface area (Å²) < 4.78 is 13.9. The van der Waals surface area contributed by atoms with Gasteiger partial charge >= 0.3 is 0 Å². The number of anilines is 2. The number of nitro benzene ring substituents is 1. The van der Waals surface area contributed by atoms with Gasteiger partial charge in [0, 0.05) is 62.7 Å². The molecule has 4 rings (SSSR count). The summed E-state index contributed by atoms with van der Waals surface area (Å²) in [6.07, 6.45) is 0.122. The van der Waals surface area contributed by atoms with Crippen LogP contribution >= 0.6 is 0 Å². The van der Waals surface area contributed by atoms with Crippen molar-refractivity contribution in [3.8, 4) is 0 Å². The Morgan fingerprint density at radius 1 is 1.06 bits per heavy atom. The molecule has 2 aromatic carbocycles. The van der Waals surface area contributed by atoms with Crippen LogP contribution in [-0.4, -0.2) is 54.4 Å². The summed E-state index contributed by atoms with van der Waals surface area (Å²) in [5.74, 6) is -1.05. The van der Waals surface area contributed by atoms with Gasteiger partial charge in [0.25, 0.3) is 5.69 Å². The molecule has 0 aromatic heterocycles. The third-order valence-electron chi connectivity index (χ3n) is 5.96. The first-order chi connectivity index (χ1) is 14.8. The van der Waals surface area contributed by atoms with E-state index in [4.69, 9.17) is 0 Å². The largest absolute Gasteiger partial charge is 0.368 e. The fourth-order valence-electron chi connectivity index (χ4n) is 4.10. The van der Waals surface area contributed by atoms with Crippen LogP contribution in [0.4, 0.5) is 21.5 Å². The number of aryl methyl sites for hydroxylation is 1. The van der Waals surface area contributed by atoms with Gasteiger partial charge in [0.1, 0.15) is 5.82 Å². The number of rotatable bonds is 4. The molecule has 31 heavy (non-hydrogen) atoms. The van der Waals surface area contributed by atoms with E-state index >= 15 is 0 Å². The highest BCUT2D eigenvalue weighted by Gasteiger charge is 2.38. The zero-order chi connectivity index (χ0) is 22.1. The van der Waals surface area contributed by atoms with Crippen molar-refractivity contribution in [2.24, 2.45) is 5.92 Å². The Kier molecular flexibility index (Phi) is 5.58. The van der Waals surface area contributed by atoms with Crippen LogP contribution in [0.5, 0.6) is 0 Å². The number of piperazine rings is 1. The second-order valence-electron chi connectivity index (χ2n) is 7.92. The van der Waals surface area contributed by atoms with Crippen molar-refractivity contribution < 1.29 is 18.9 Å².